The topological polar surface area (TPSA) is 62.9 Å². The van der Waals surface area contributed by atoms with Crippen molar-refractivity contribution < 1.29 is 19.1 Å². The molecular formula is C20H23NO4. The molecule has 5 nitrogen and oxygen atoms in total. The number of amides is 1. The Bertz CT molecular complexity index is 763. The Morgan fingerprint density at radius 3 is 2.84 bits per heavy atom. The Hall–Kier alpha value is -2.27. The number of aryl methyl sites for hydroxylation is 1. The molecule has 2 fully saturated rings. The Balaban J connectivity index is 1.47. The third kappa shape index (κ3) is 3.16. The number of rotatable bonds is 5. The number of benzene rings is 1. The van der Waals surface area contributed by atoms with E-state index < -0.39 is 5.60 Å². The van der Waals surface area contributed by atoms with Crippen molar-refractivity contribution in [3.05, 3.63) is 53.5 Å². The number of para-hydroxylation sites is 1. The second-order valence-corrected chi connectivity index (χ2v) is 7.09. The van der Waals surface area contributed by atoms with Crippen molar-refractivity contribution in [1.29, 1.82) is 0 Å². The first-order valence-electron chi connectivity index (χ1n) is 8.87. The van der Waals surface area contributed by atoms with E-state index in [1.165, 1.54) is 0 Å². The van der Waals surface area contributed by atoms with Gasteiger partial charge in [-0.2, -0.15) is 0 Å². The normalized spacial score (nSPS) is 21.4. The van der Waals surface area contributed by atoms with Gasteiger partial charge in [0.25, 0.3) is 5.91 Å². The smallest absolute Gasteiger partial charge is 0.290 e. The Labute approximate surface area is 147 Å². The summed E-state index contributed by atoms with van der Waals surface area (Å²) in [5.41, 5.74) is 0.136. The average Bonchev–Trinajstić information content (AvgIpc) is 3.04. The largest absolute Gasteiger partial charge is 0.486 e. The number of furan rings is 1. The molecule has 1 N–H and O–H groups in total. The van der Waals surface area contributed by atoms with Crippen LogP contribution in [0.15, 0.2) is 40.8 Å². The van der Waals surface area contributed by atoms with Crippen LogP contribution in [0.2, 0.25) is 0 Å². The number of carbonyl (C=O) groups excluding carboxylic acids is 1. The molecule has 132 valence electrons. The van der Waals surface area contributed by atoms with Crippen LogP contribution in [0.5, 0.6) is 5.75 Å². The molecule has 0 bridgehead atoms. The minimum Gasteiger partial charge on any atom is -0.486 e. The van der Waals surface area contributed by atoms with E-state index in [1.807, 2.05) is 43.3 Å². The maximum Gasteiger partial charge on any atom is 0.290 e. The summed E-state index contributed by atoms with van der Waals surface area (Å²) in [6.45, 7) is 2.84. The van der Waals surface area contributed by atoms with Crippen LogP contribution >= 0.6 is 0 Å². The number of hydrogen-bond acceptors (Lipinski definition) is 4. The summed E-state index contributed by atoms with van der Waals surface area (Å²) >= 11 is 0. The van der Waals surface area contributed by atoms with E-state index >= 15 is 0 Å². The van der Waals surface area contributed by atoms with E-state index in [2.05, 4.69) is 0 Å². The van der Waals surface area contributed by atoms with Crippen molar-refractivity contribution in [3.8, 4) is 5.75 Å². The standard InChI is InChI=1S/C20H23NO4/c1-14-12-16(13-24-15-6-3-2-4-7-15)25-18(14)19(22)21-11-5-8-17(21)20(23)9-10-20/h2-4,6-7,12,17,23H,5,8-11,13H2,1H3. The first kappa shape index (κ1) is 16.2. The summed E-state index contributed by atoms with van der Waals surface area (Å²) in [6, 6.07) is 11.3. The van der Waals surface area contributed by atoms with Gasteiger partial charge in [0.1, 0.15) is 18.1 Å². The fourth-order valence-corrected chi connectivity index (χ4v) is 3.66. The third-order valence-electron chi connectivity index (χ3n) is 5.18. The van der Waals surface area contributed by atoms with Crippen LogP contribution in [0.1, 0.15) is 47.6 Å². The molecular weight excluding hydrogens is 318 g/mol. The lowest BCUT2D eigenvalue weighted by molar-refractivity contribution is 0.0362. The molecule has 1 unspecified atom stereocenters. The van der Waals surface area contributed by atoms with Crippen LogP contribution in [0.4, 0.5) is 0 Å². The van der Waals surface area contributed by atoms with Gasteiger partial charge in [-0.1, -0.05) is 18.2 Å². The van der Waals surface area contributed by atoms with Gasteiger partial charge in [0.15, 0.2) is 5.76 Å². The zero-order chi connectivity index (χ0) is 17.4. The summed E-state index contributed by atoms with van der Waals surface area (Å²) in [6.07, 6.45) is 3.37. The highest BCUT2D eigenvalue weighted by atomic mass is 16.5. The molecule has 1 aliphatic heterocycles. The number of ether oxygens (including phenoxy) is 1. The second kappa shape index (κ2) is 6.23. The molecule has 1 aliphatic carbocycles. The minimum atomic E-state index is -0.675. The second-order valence-electron chi connectivity index (χ2n) is 7.09. The molecule has 1 aromatic carbocycles. The van der Waals surface area contributed by atoms with Gasteiger partial charge in [-0.15, -0.1) is 0 Å². The van der Waals surface area contributed by atoms with E-state index in [9.17, 15) is 9.90 Å². The van der Waals surface area contributed by atoms with Crippen LogP contribution in [0.25, 0.3) is 0 Å². The average molecular weight is 341 g/mol. The first-order valence-corrected chi connectivity index (χ1v) is 8.87. The molecule has 1 atom stereocenters. The molecule has 25 heavy (non-hydrogen) atoms. The quantitative estimate of drug-likeness (QED) is 0.906. The minimum absolute atomic E-state index is 0.0754. The molecule has 1 aromatic heterocycles. The van der Waals surface area contributed by atoms with Gasteiger partial charge in [-0.3, -0.25) is 4.79 Å². The van der Waals surface area contributed by atoms with Gasteiger partial charge in [0.2, 0.25) is 0 Å². The van der Waals surface area contributed by atoms with E-state index in [1.54, 1.807) is 4.90 Å². The molecule has 2 aromatic rings. The number of likely N-dealkylation sites (tertiary alicyclic amines) is 1. The van der Waals surface area contributed by atoms with Gasteiger partial charge in [0, 0.05) is 12.1 Å². The summed E-state index contributed by atoms with van der Waals surface area (Å²) < 4.78 is 11.5. The number of aliphatic hydroxyl groups is 1. The highest BCUT2D eigenvalue weighted by molar-refractivity contribution is 5.93. The predicted molar refractivity (Wildman–Crippen MR) is 92.5 cm³/mol. The third-order valence-corrected chi connectivity index (χ3v) is 5.18. The lowest BCUT2D eigenvalue weighted by atomic mass is 10.1. The van der Waals surface area contributed by atoms with E-state index in [4.69, 9.17) is 9.15 Å². The maximum absolute atomic E-state index is 12.9. The molecule has 2 heterocycles. The summed E-state index contributed by atoms with van der Waals surface area (Å²) in [7, 11) is 0. The maximum atomic E-state index is 12.9. The molecule has 1 saturated heterocycles. The number of nitrogens with zero attached hydrogens (tertiary/aromatic N) is 1. The van der Waals surface area contributed by atoms with Crippen molar-refractivity contribution >= 4 is 5.91 Å². The van der Waals surface area contributed by atoms with Crippen LogP contribution in [-0.2, 0) is 6.61 Å². The van der Waals surface area contributed by atoms with Crippen molar-refractivity contribution in [2.45, 2.75) is 50.9 Å². The number of carbonyl (C=O) groups is 1. The van der Waals surface area contributed by atoms with Crippen molar-refractivity contribution in [2.75, 3.05) is 6.54 Å². The monoisotopic (exact) mass is 341 g/mol. The molecule has 4 rings (SSSR count). The van der Waals surface area contributed by atoms with E-state index in [-0.39, 0.29) is 18.6 Å². The lowest BCUT2D eigenvalue weighted by Crippen LogP contribution is -2.44. The highest BCUT2D eigenvalue weighted by Gasteiger charge is 2.53. The van der Waals surface area contributed by atoms with Gasteiger partial charge >= 0.3 is 0 Å². The SMILES string of the molecule is Cc1cc(COc2ccccc2)oc1C(=O)N1CCCC1C1(O)CC1. The van der Waals surface area contributed by atoms with Crippen LogP contribution in [-0.4, -0.2) is 34.1 Å². The first-order chi connectivity index (χ1) is 12.1. The predicted octanol–water partition coefficient (Wildman–Crippen LogP) is 3.30. The molecule has 0 spiro atoms. The Morgan fingerprint density at radius 1 is 1.36 bits per heavy atom. The van der Waals surface area contributed by atoms with Gasteiger partial charge in [-0.05, 0) is 50.8 Å². The van der Waals surface area contributed by atoms with E-state index in [0.717, 1.165) is 37.0 Å². The lowest BCUT2D eigenvalue weighted by Gasteiger charge is -2.28. The molecule has 2 aliphatic rings. The molecule has 1 saturated carbocycles. The molecule has 0 radical (unpaired) electrons. The van der Waals surface area contributed by atoms with Crippen molar-refractivity contribution in [2.24, 2.45) is 0 Å². The van der Waals surface area contributed by atoms with Crippen molar-refractivity contribution in [3.63, 3.8) is 0 Å². The molecule has 1 amide bonds. The summed E-state index contributed by atoms with van der Waals surface area (Å²) in [4.78, 5) is 14.7. The fourth-order valence-electron chi connectivity index (χ4n) is 3.66. The van der Waals surface area contributed by atoms with Gasteiger partial charge in [0.05, 0.1) is 11.6 Å². The summed E-state index contributed by atoms with van der Waals surface area (Å²) in [5.74, 6) is 1.64. The molecule has 5 heteroatoms. The zero-order valence-electron chi connectivity index (χ0n) is 14.4. The summed E-state index contributed by atoms with van der Waals surface area (Å²) in [5, 5.41) is 10.4. The van der Waals surface area contributed by atoms with Crippen LogP contribution in [0, 0.1) is 6.92 Å². The Morgan fingerprint density at radius 2 is 2.12 bits per heavy atom. The number of hydrogen-bond donors (Lipinski definition) is 1. The zero-order valence-corrected chi connectivity index (χ0v) is 14.4. The van der Waals surface area contributed by atoms with Crippen molar-refractivity contribution in [1.82, 2.24) is 4.90 Å². The van der Waals surface area contributed by atoms with Gasteiger partial charge in [-0.25, -0.2) is 0 Å². The van der Waals surface area contributed by atoms with Crippen LogP contribution in [0.3, 0.4) is 0 Å². The van der Waals surface area contributed by atoms with Gasteiger partial charge < -0.3 is 19.2 Å². The highest BCUT2D eigenvalue weighted by Crippen LogP contribution is 2.45. The van der Waals surface area contributed by atoms with E-state index in [0.29, 0.717) is 18.1 Å². The fraction of sp³-hybridized carbons (Fsp3) is 0.450. The van der Waals surface area contributed by atoms with Crippen LogP contribution < -0.4 is 4.74 Å². The Kier molecular flexibility index (Phi) is 4.04.